The molecule has 1 amide bonds. The molecule has 3 rings (SSSR count). The largest absolute Gasteiger partial charge is 0.489 e. The number of benzene rings is 2. The number of nitrogens with one attached hydrogen (secondary N) is 2. The maximum Gasteiger partial charge on any atom is 0.216 e. The minimum atomic E-state index is -0.269. The van der Waals surface area contributed by atoms with E-state index in [0.717, 1.165) is 25.1 Å². The Hall–Kier alpha value is -2.66. The van der Waals surface area contributed by atoms with Crippen LogP contribution in [0.2, 0.25) is 0 Å². The van der Waals surface area contributed by atoms with E-state index < -0.39 is 0 Å². The molecular formula is C30H43FN2O2. The number of hydrogen-bond donors (Lipinski definition) is 2. The summed E-state index contributed by atoms with van der Waals surface area (Å²) in [5.41, 5.74) is 3.85. The average Bonchev–Trinajstić information content (AvgIpc) is 2.83. The molecule has 5 heteroatoms. The zero-order valence-corrected chi connectivity index (χ0v) is 22.0. The Morgan fingerprint density at radius 2 is 1.89 bits per heavy atom. The van der Waals surface area contributed by atoms with E-state index in [1.807, 2.05) is 6.92 Å². The standard InChI is InChI=1S/C20H32N2O.C10H11FO/c1-16(2)18-9-7-10-19(15-18)20(11-5-4-6-12-20)22-14-8-13-21-17(3)23;1-3-4-12-10-6-8(2)5-9(11)7-10/h7,9-10,15-16,22H,4-6,8,11-14H2,1-3H3,(H,21,23);3,5-7H,1,4H2,2H3. The molecular weight excluding hydrogens is 439 g/mol. The van der Waals surface area contributed by atoms with Crippen molar-refractivity contribution >= 4 is 5.91 Å². The highest BCUT2D eigenvalue weighted by atomic mass is 19.1. The first kappa shape index (κ1) is 28.6. The Morgan fingerprint density at radius 1 is 1.14 bits per heavy atom. The molecule has 1 aliphatic carbocycles. The molecule has 0 spiro atoms. The third kappa shape index (κ3) is 9.85. The van der Waals surface area contributed by atoms with Crippen LogP contribution in [0.1, 0.15) is 81.9 Å². The first-order valence-electron chi connectivity index (χ1n) is 12.9. The van der Waals surface area contributed by atoms with Crippen molar-refractivity contribution in [3.63, 3.8) is 0 Å². The number of carbonyl (C=O) groups is 1. The van der Waals surface area contributed by atoms with E-state index >= 15 is 0 Å². The molecule has 1 saturated carbocycles. The lowest BCUT2D eigenvalue weighted by Gasteiger charge is -2.39. The van der Waals surface area contributed by atoms with Gasteiger partial charge in [0.2, 0.25) is 5.91 Å². The summed E-state index contributed by atoms with van der Waals surface area (Å²) in [7, 11) is 0. The van der Waals surface area contributed by atoms with Gasteiger partial charge in [0.25, 0.3) is 0 Å². The molecule has 0 radical (unpaired) electrons. The monoisotopic (exact) mass is 482 g/mol. The van der Waals surface area contributed by atoms with E-state index in [2.05, 4.69) is 55.3 Å². The molecule has 2 aromatic carbocycles. The zero-order valence-electron chi connectivity index (χ0n) is 22.0. The quantitative estimate of drug-likeness (QED) is 0.290. The summed E-state index contributed by atoms with van der Waals surface area (Å²) >= 11 is 0. The fourth-order valence-corrected chi connectivity index (χ4v) is 4.54. The predicted octanol–water partition coefficient (Wildman–Crippen LogP) is 6.78. The molecule has 0 unspecified atom stereocenters. The molecule has 2 aromatic rings. The number of halogens is 1. The number of rotatable bonds is 10. The lowest BCUT2D eigenvalue weighted by Crippen LogP contribution is -2.45. The third-order valence-electron chi connectivity index (χ3n) is 6.39. The molecule has 0 aromatic heterocycles. The first-order chi connectivity index (χ1) is 16.8. The Morgan fingerprint density at radius 3 is 2.51 bits per heavy atom. The smallest absolute Gasteiger partial charge is 0.216 e. The molecule has 0 atom stereocenters. The summed E-state index contributed by atoms with van der Waals surface area (Å²) < 4.78 is 17.9. The SMILES string of the molecule is C=CCOc1cc(C)cc(F)c1.CC(=O)NCCCNC1(c2cccc(C(C)C)c2)CCCCC1. The minimum Gasteiger partial charge on any atom is -0.489 e. The number of ether oxygens (including phenoxy) is 1. The molecule has 0 heterocycles. The normalized spacial score (nSPS) is 14.6. The highest BCUT2D eigenvalue weighted by Gasteiger charge is 2.33. The lowest BCUT2D eigenvalue weighted by molar-refractivity contribution is -0.118. The van der Waals surface area contributed by atoms with Gasteiger partial charge in [-0.1, -0.05) is 70.0 Å². The molecule has 192 valence electrons. The van der Waals surface area contributed by atoms with Crippen LogP contribution in [0.4, 0.5) is 4.39 Å². The van der Waals surface area contributed by atoms with E-state index in [9.17, 15) is 9.18 Å². The van der Waals surface area contributed by atoms with Crippen LogP contribution in [0, 0.1) is 12.7 Å². The Balaban J connectivity index is 0.000000303. The lowest BCUT2D eigenvalue weighted by atomic mass is 9.75. The van der Waals surface area contributed by atoms with E-state index in [1.165, 1.54) is 55.4 Å². The predicted molar refractivity (Wildman–Crippen MR) is 143 cm³/mol. The molecule has 35 heavy (non-hydrogen) atoms. The second kappa shape index (κ2) is 14.7. The van der Waals surface area contributed by atoms with E-state index in [0.29, 0.717) is 18.3 Å². The van der Waals surface area contributed by atoms with Gasteiger partial charge in [-0.15, -0.1) is 0 Å². The first-order valence-corrected chi connectivity index (χ1v) is 12.9. The number of aryl methyl sites for hydroxylation is 1. The van der Waals surface area contributed by atoms with Crippen molar-refractivity contribution in [1.82, 2.24) is 10.6 Å². The molecule has 0 bridgehead atoms. The fourth-order valence-electron chi connectivity index (χ4n) is 4.54. The van der Waals surface area contributed by atoms with Gasteiger partial charge in [-0.3, -0.25) is 4.79 Å². The highest BCUT2D eigenvalue weighted by molar-refractivity contribution is 5.72. The van der Waals surface area contributed by atoms with Crippen molar-refractivity contribution < 1.29 is 13.9 Å². The summed E-state index contributed by atoms with van der Waals surface area (Å²) in [6.07, 6.45) is 8.98. The fraction of sp³-hybridized carbons (Fsp3) is 0.500. The van der Waals surface area contributed by atoms with Crippen molar-refractivity contribution in [2.24, 2.45) is 0 Å². The van der Waals surface area contributed by atoms with Gasteiger partial charge in [0.1, 0.15) is 18.2 Å². The molecule has 1 fully saturated rings. The minimum absolute atomic E-state index is 0.0574. The summed E-state index contributed by atoms with van der Waals surface area (Å²) in [5.74, 6) is 0.902. The second-order valence-electron chi connectivity index (χ2n) is 9.75. The van der Waals surface area contributed by atoms with Crippen molar-refractivity contribution in [2.75, 3.05) is 19.7 Å². The van der Waals surface area contributed by atoms with Crippen LogP contribution in [0.25, 0.3) is 0 Å². The van der Waals surface area contributed by atoms with Crippen molar-refractivity contribution in [1.29, 1.82) is 0 Å². The van der Waals surface area contributed by atoms with Gasteiger partial charge in [-0.25, -0.2) is 4.39 Å². The molecule has 0 aliphatic heterocycles. The summed E-state index contributed by atoms with van der Waals surface area (Å²) in [4.78, 5) is 11.0. The topological polar surface area (TPSA) is 50.4 Å². The van der Waals surface area contributed by atoms with Crippen LogP contribution >= 0.6 is 0 Å². The van der Waals surface area contributed by atoms with Gasteiger partial charge < -0.3 is 15.4 Å². The van der Waals surface area contributed by atoms with E-state index in [4.69, 9.17) is 4.74 Å². The molecule has 2 N–H and O–H groups in total. The van der Waals surface area contributed by atoms with Crippen LogP contribution in [-0.4, -0.2) is 25.6 Å². The molecule has 4 nitrogen and oxygen atoms in total. The Kier molecular flexibility index (Phi) is 12.0. The van der Waals surface area contributed by atoms with E-state index in [1.54, 1.807) is 19.1 Å². The maximum absolute atomic E-state index is 12.7. The highest BCUT2D eigenvalue weighted by Crippen LogP contribution is 2.38. The average molecular weight is 483 g/mol. The van der Waals surface area contributed by atoms with Crippen molar-refractivity contribution in [2.45, 2.75) is 77.7 Å². The summed E-state index contributed by atoms with van der Waals surface area (Å²) in [6, 6.07) is 13.7. The summed E-state index contributed by atoms with van der Waals surface area (Å²) in [6.45, 7) is 13.5. The number of hydrogen-bond acceptors (Lipinski definition) is 3. The van der Waals surface area contributed by atoms with Crippen molar-refractivity contribution in [3.05, 3.63) is 77.6 Å². The maximum atomic E-state index is 12.7. The van der Waals surface area contributed by atoms with Gasteiger partial charge in [-0.05, 0) is 67.5 Å². The van der Waals surface area contributed by atoms with Gasteiger partial charge in [-0.2, -0.15) is 0 Å². The van der Waals surface area contributed by atoms with Crippen LogP contribution in [-0.2, 0) is 10.3 Å². The van der Waals surface area contributed by atoms with Gasteiger partial charge in [0, 0.05) is 25.1 Å². The van der Waals surface area contributed by atoms with Gasteiger partial charge in [0.15, 0.2) is 0 Å². The summed E-state index contributed by atoms with van der Waals surface area (Å²) in [5, 5.41) is 6.72. The van der Waals surface area contributed by atoms with Gasteiger partial charge in [0.05, 0.1) is 0 Å². The second-order valence-corrected chi connectivity index (χ2v) is 9.75. The third-order valence-corrected chi connectivity index (χ3v) is 6.39. The zero-order chi connectivity index (χ0) is 25.7. The van der Waals surface area contributed by atoms with Crippen LogP contribution in [0.15, 0.2) is 55.1 Å². The number of carbonyl (C=O) groups excluding carboxylic acids is 1. The molecule has 0 saturated heterocycles. The molecule has 1 aliphatic rings. The van der Waals surface area contributed by atoms with Crippen molar-refractivity contribution in [3.8, 4) is 5.75 Å². The van der Waals surface area contributed by atoms with E-state index in [-0.39, 0.29) is 17.3 Å². The van der Waals surface area contributed by atoms with Crippen LogP contribution < -0.4 is 15.4 Å². The van der Waals surface area contributed by atoms with Gasteiger partial charge >= 0.3 is 0 Å². The van der Waals surface area contributed by atoms with Crippen LogP contribution in [0.3, 0.4) is 0 Å². The Bertz CT molecular complexity index is 915. The number of amides is 1. The van der Waals surface area contributed by atoms with Crippen LogP contribution in [0.5, 0.6) is 5.75 Å². The Labute approximate surface area is 211 Å².